The van der Waals surface area contributed by atoms with Crippen LogP contribution >= 0.6 is 11.3 Å². The molecule has 1 unspecified atom stereocenters. The molecular formula is C14H17N5S. The Kier molecular flexibility index (Phi) is 3.50. The van der Waals surface area contributed by atoms with Gasteiger partial charge in [-0.3, -0.25) is 0 Å². The molecule has 0 bridgehead atoms. The van der Waals surface area contributed by atoms with Gasteiger partial charge in [-0.05, 0) is 5.56 Å². The van der Waals surface area contributed by atoms with E-state index in [2.05, 4.69) is 41.3 Å². The van der Waals surface area contributed by atoms with E-state index in [1.54, 1.807) is 11.3 Å². The van der Waals surface area contributed by atoms with Gasteiger partial charge in [0.15, 0.2) is 5.82 Å². The Morgan fingerprint density at radius 3 is 2.60 bits per heavy atom. The molecule has 0 spiro atoms. The van der Waals surface area contributed by atoms with Crippen LogP contribution in [0.25, 0.3) is 4.96 Å². The van der Waals surface area contributed by atoms with Gasteiger partial charge in [0.2, 0.25) is 4.96 Å². The Morgan fingerprint density at radius 2 is 1.95 bits per heavy atom. The Bertz CT molecular complexity index is 701. The van der Waals surface area contributed by atoms with Crippen LogP contribution in [0.15, 0.2) is 30.3 Å². The Morgan fingerprint density at radius 1 is 1.20 bits per heavy atom. The number of fused-ring (bicyclic) bond motifs is 1. The highest BCUT2D eigenvalue weighted by atomic mass is 32.1. The van der Waals surface area contributed by atoms with Crippen molar-refractivity contribution in [3.05, 3.63) is 46.7 Å². The average molecular weight is 287 g/mol. The maximum atomic E-state index is 5.95. The van der Waals surface area contributed by atoms with E-state index in [4.69, 9.17) is 5.73 Å². The van der Waals surface area contributed by atoms with Gasteiger partial charge in [-0.15, -0.1) is 10.2 Å². The molecule has 2 heterocycles. The Hall–Kier alpha value is -1.79. The third kappa shape index (κ3) is 2.21. The molecule has 0 aliphatic carbocycles. The molecule has 0 radical (unpaired) electrons. The molecule has 1 aromatic carbocycles. The molecule has 3 rings (SSSR count). The molecule has 3 aromatic rings. The maximum Gasteiger partial charge on any atom is 0.234 e. The number of aromatic nitrogens is 4. The fourth-order valence-corrected chi connectivity index (χ4v) is 3.20. The molecule has 2 aromatic heterocycles. The number of nitrogens with two attached hydrogens (primary N) is 1. The number of nitrogens with zero attached hydrogens (tertiary/aromatic N) is 4. The van der Waals surface area contributed by atoms with Crippen LogP contribution < -0.4 is 5.73 Å². The second-order valence-corrected chi connectivity index (χ2v) is 6.03. The quantitative estimate of drug-likeness (QED) is 0.800. The molecule has 0 saturated carbocycles. The molecule has 0 saturated heterocycles. The van der Waals surface area contributed by atoms with Gasteiger partial charge in [0.05, 0.1) is 5.92 Å². The molecule has 0 aliphatic heterocycles. The fraction of sp³-hybridized carbons (Fsp3) is 0.357. The van der Waals surface area contributed by atoms with Crippen LogP contribution in [0, 0.1) is 0 Å². The highest BCUT2D eigenvalue weighted by molar-refractivity contribution is 7.16. The monoisotopic (exact) mass is 287 g/mol. The van der Waals surface area contributed by atoms with Crippen molar-refractivity contribution in [1.82, 2.24) is 19.8 Å². The normalized spacial score (nSPS) is 13.2. The van der Waals surface area contributed by atoms with Gasteiger partial charge in [-0.2, -0.15) is 9.61 Å². The summed E-state index contributed by atoms with van der Waals surface area (Å²) in [7, 11) is 0. The van der Waals surface area contributed by atoms with Crippen molar-refractivity contribution >= 4 is 16.3 Å². The van der Waals surface area contributed by atoms with Crippen LogP contribution in [0.4, 0.5) is 0 Å². The third-order valence-electron chi connectivity index (χ3n) is 3.28. The summed E-state index contributed by atoms with van der Waals surface area (Å²) >= 11 is 1.56. The highest BCUT2D eigenvalue weighted by Gasteiger charge is 2.20. The number of benzene rings is 1. The van der Waals surface area contributed by atoms with Crippen molar-refractivity contribution in [2.24, 2.45) is 5.73 Å². The molecule has 1 atom stereocenters. The van der Waals surface area contributed by atoms with Crippen LogP contribution in [0.3, 0.4) is 0 Å². The first-order valence-corrected chi connectivity index (χ1v) is 7.49. The smallest absolute Gasteiger partial charge is 0.234 e. The summed E-state index contributed by atoms with van der Waals surface area (Å²) in [5.74, 6) is 1.31. The van der Waals surface area contributed by atoms with Crippen LogP contribution in [0.2, 0.25) is 0 Å². The van der Waals surface area contributed by atoms with E-state index in [0.29, 0.717) is 12.5 Å². The van der Waals surface area contributed by atoms with Gasteiger partial charge in [0, 0.05) is 12.5 Å². The molecule has 6 heteroatoms. The minimum atomic E-state index is 0.114. The van der Waals surface area contributed by atoms with E-state index in [-0.39, 0.29) is 5.92 Å². The zero-order chi connectivity index (χ0) is 14.1. The summed E-state index contributed by atoms with van der Waals surface area (Å²) in [5.41, 5.74) is 7.13. The lowest BCUT2D eigenvalue weighted by Crippen LogP contribution is -2.14. The molecule has 0 amide bonds. The van der Waals surface area contributed by atoms with Crippen molar-refractivity contribution < 1.29 is 0 Å². The number of hydrogen-bond acceptors (Lipinski definition) is 5. The molecule has 20 heavy (non-hydrogen) atoms. The summed E-state index contributed by atoms with van der Waals surface area (Å²) in [4.78, 5) is 0.832. The van der Waals surface area contributed by atoms with E-state index in [0.717, 1.165) is 15.8 Å². The van der Waals surface area contributed by atoms with Crippen molar-refractivity contribution in [2.75, 3.05) is 6.54 Å². The molecule has 104 valence electrons. The van der Waals surface area contributed by atoms with Crippen molar-refractivity contribution in [3.8, 4) is 0 Å². The summed E-state index contributed by atoms with van der Waals surface area (Å²) in [6, 6.07) is 10.2. The first-order chi connectivity index (χ1) is 9.70. The molecular weight excluding hydrogens is 270 g/mol. The Labute approximate surface area is 121 Å². The average Bonchev–Trinajstić information content (AvgIpc) is 3.00. The maximum absolute atomic E-state index is 5.95. The predicted octanol–water partition coefficient (Wildman–Crippen LogP) is 2.40. The zero-order valence-electron chi connectivity index (χ0n) is 11.5. The standard InChI is InChI=1S/C14H17N5S/c1-9(2)12-16-17-14-19(12)18-13(20-14)11(8-15)10-6-4-3-5-7-10/h3-7,9,11H,8,15H2,1-2H3. The highest BCUT2D eigenvalue weighted by Crippen LogP contribution is 2.28. The van der Waals surface area contributed by atoms with E-state index in [9.17, 15) is 0 Å². The van der Waals surface area contributed by atoms with Gasteiger partial charge >= 0.3 is 0 Å². The Balaban J connectivity index is 2.04. The lowest BCUT2D eigenvalue weighted by molar-refractivity contribution is 0.703. The van der Waals surface area contributed by atoms with Crippen LogP contribution in [0.1, 0.15) is 42.1 Å². The van der Waals surface area contributed by atoms with E-state index >= 15 is 0 Å². The van der Waals surface area contributed by atoms with Gasteiger partial charge in [-0.1, -0.05) is 55.5 Å². The largest absolute Gasteiger partial charge is 0.329 e. The minimum Gasteiger partial charge on any atom is -0.329 e. The minimum absolute atomic E-state index is 0.114. The molecule has 0 fully saturated rings. The van der Waals surface area contributed by atoms with Gasteiger partial charge in [0.1, 0.15) is 5.01 Å². The first kappa shape index (κ1) is 13.2. The van der Waals surface area contributed by atoms with Gasteiger partial charge < -0.3 is 5.73 Å². The zero-order valence-corrected chi connectivity index (χ0v) is 12.3. The number of rotatable bonds is 4. The lowest BCUT2D eigenvalue weighted by Gasteiger charge is -2.11. The van der Waals surface area contributed by atoms with Gasteiger partial charge in [-0.25, -0.2) is 0 Å². The SMILES string of the molecule is CC(C)c1nnc2sc(C(CN)c3ccccc3)nn12. The van der Waals surface area contributed by atoms with Crippen LogP contribution in [-0.2, 0) is 0 Å². The lowest BCUT2D eigenvalue weighted by atomic mass is 10.0. The topological polar surface area (TPSA) is 69.1 Å². The molecule has 2 N–H and O–H groups in total. The van der Waals surface area contributed by atoms with Crippen molar-refractivity contribution in [2.45, 2.75) is 25.7 Å². The van der Waals surface area contributed by atoms with Crippen molar-refractivity contribution in [1.29, 1.82) is 0 Å². The van der Waals surface area contributed by atoms with E-state index in [1.165, 1.54) is 5.56 Å². The predicted molar refractivity (Wildman–Crippen MR) is 80.1 cm³/mol. The van der Waals surface area contributed by atoms with Gasteiger partial charge in [0.25, 0.3) is 0 Å². The molecule has 5 nitrogen and oxygen atoms in total. The van der Waals surface area contributed by atoms with Crippen molar-refractivity contribution in [3.63, 3.8) is 0 Å². The third-order valence-corrected chi connectivity index (χ3v) is 4.30. The summed E-state index contributed by atoms with van der Waals surface area (Å²) in [5, 5.41) is 14.0. The summed E-state index contributed by atoms with van der Waals surface area (Å²) < 4.78 is 1.84. The first-order valence-electron chi connectivity index (χ1n) is 6.67. The number of hydrogen-bond donors (Lipinski definition) is 1. The van der Waals surface area contributed by atoms with Crippen LogP contribution in [-0.4, -0.2) is 26.4 Å². The second kappa shape index (κ2) is 5.30. The molecule has 0 aliphatic rings. The second-order valence-electron chi connectivity index (χ2n) is 5.05. The van der Waals surface area contributed by atoms with Crippen LogP contribution in [0.5, 0.6) is 0 Å². The summed E-state index contributed by atoms with van der Waals surface area (Å²) in [6.45, 7) is 4.71. The van der Waals surface area contributed by atoms with E-state index in [1.807, 2.05) is 22.7 Å². The van der Waals surface area contributed by atoms with E-state index < -0.39 is 0 Å². The summed E-state index contributed by atoms with van der Waals surface area (Å²) in [6.07, 6.45) is 0. The fourth-order valence-electron chi connectivity index (χ4n) is 2.21.